The Morgan fingerprint density at radius 3 is 2.56 bits per heavy atom. The lowest BCUT2D eigenvalue weighted by Gasteiger charge is -2.19. The maximum absolute atomic E-state index is 12.1. The van der Waals surface area contributed by atoms with Crippen molar-refractivity contribution in [1.82, 2.24) is 9.78 Å². The van der Waals surface area contributed by atoms with E-state index in [9.17, 15) is 14.7 Å². The number of amides is 1. The maximum Gasteiger partial charge on any atom is 0.331 e. The fourth-order valence-corrected chi connectivity index (χ4v) is 2.05. The summed E-state index contributed by atoms with van der Waals surface area (Å²) in [6.45, 7) is 7.56. The molecule has 8 nitrogen and oxygen atoms in total. The molecule has 0 saturated heterocycles. The van der Waals surface area contributed by atoms with Crippen LogP contribution in [0.5, 0.6) is 11.5 Å². The molecule has 0 spiro atoms. The Morgan fingerprint density at radius 1 is 1.26 bits per heavy atom. The molecule has 0 aliphatic carbocycles. The largest absolute Gasteiger partial charge is 0.493 e. The number of carbonyl (C=O) groups is 2. The van der Waals surface area contributed by atoms with Crippen molar-refractivity contribution in [2.45, 2.75) is 33.2 Å². The number of carboxylic acid groups (broad SMARTS) is 1. The zero-order valence-corrected chi connectivity index (χ0v) is 15.9. The highest BCUT2D eigenvalue weighted by atomic mass is 16.5. The lowest BCUT2D eigenvalue weighted by Crippen LogP contribution is -2.35. The monoisotopic (exact) mass is 375 g/mol. The van der Waals surface area contributed by atoms with Crippen molar-refractivity contribution < 1.29 is 24.2 Å². The fraction of sp³-hybridized carbons (Fsp3) is 0.421. The van der Waals surface area contributed by atoms with Gasteiger partial charge < -0.3 is 19.9 Å². The maximum atomic E-state index is 12.1. The van der Waals surface area contributed by atoms with Crippen LogP contribution in [0.3, 0.4) is 0 Å². The highest BCUT2D eigenvalue weighted by molar-refractivity contribution is 5.91. The number of ether oxygens (including phenoxy) is 2. The summed E-state index contributed by atoms with van der Waals surface area (Å²) >= 11 is 0. The smallest absolute Gasteiger partial charge is 0.331 e. The molecule has 0 aliphatic heterocycles. The molecule has 1 aromatic carbocycles. The number of aromatic nitrogens is 2. The molecular formula is C19H25N3O5. The van der Waals surface area contributed by atoms with Crippen LogP contribution in [-0.2, 0) is 15.1 Å². The van der Waals surface area contributed by atoms with E-state index in [0.29, 0.717) is 29.7 Å². The summed E-state index contributed by atoms with van der Waals surface area (Å²) in [5, 5.41) is 15.8. The number of nitrogens with zero attached hydrogens (tertiary/aromatic N) is 2. The normalized spacial score (nSPS) is 11.3. The van der Waals surface area contributed by atoms with Gasteiger partial charge in [-0.3, -0.25) is 9.48 Å². The SMILES string of the molecule is CC(C)COc1cccc(OCC(=O)Nc2cnn(C(C)(C)C(=O)O)c2)c1. The molecule has 0 unspecified atom stereocenters. The third-order valence-corrected chi connectivity index (χ3v) is 3.72. The van der Waals surface area contributed by atoms with E-state index in [2.05, 4.69) is 24.3 Å². The molecule has 1 amide bonds. The number of rotatable bonds is 9. The zero-order chi connectivity index (χ0) is 20.0. The summed E-state index contributed by atoms with van der Waals surface area (Å²) in [6.07, 6.45) is 2.86. The Labute approximate surface area is 158 Å². The van der Waals surface area contributed by atoms with Gasteiger partial charge in [0, 0.05) is 12.3 Å². The number of aliphatic carboxylic acids is 1. The van der Waals surface area contributed by atoms with Crippen molar-refractivity contribution in [3.63, 3.8) is 0 Å². The molecule has 2 rings (SSSR count). The van der Waals surface area contributed by atoms with Gasteiger partial charge in [0.05, 0.1) is 18.5 Å². The number of carbonyl (C=O) groups excluding carboxylic acids is 1. The Kier molecular flexibility index (Phi) is 6.44. The van der Waals surface area contributed by atoms with Crippen LogP contribution in [0.15, 0.2) is 36.7 Å². The van der Waals surface area contributed by atoms with Gasteiger partial charge in [-0.25, -0.2) is 4.79 Å². The van der Waals surface area contributed by atoms with Gasteiger partial charge in [-0.05, 0) is 31.9 Å². The third kappa shape index (κ3) is 5.73. The summed E-state index contributed by atoms with van der Waals surface area (Å²) in [6, 6.07) is 7.08. The second-order valence-electron chi connectivity index (χ2n) is 7.05. The van der Waals surface area contributed by atoms with E-state index in [1.807, 2.05) is 6.07 Å². The number of benzene rings is 1. The van der Waals surface area contributed by atoms with Crippen LogP contribution in [0, 0.1) is 5.92 Å². The lowest BCUT2D eigenvalue weighted by atomic mass is 10.1. The molecule has 27 heavy (non-hydrogen) atoms. The van der Waals surface area contributed by atoms with Crippen LogP contribution in [0.1, 0.15) is 27.7 Å². The molecule has 8 heteroatoms. The number of hydrogen-bond donors (Lipinski definition) is 2. The first-order chi connectivity index (χ1) is 12.7. The second-order valence-corrected chi connectivity index (χ2v) is 7.05. The van der Waals surface area contributed by atoms with E-state index in [4.69, 9.17) is 9.47 Å². The minimum atomic E-state index is -1.21. The van der Waals surface area contributed by atoms with Gasteiger partial charge in [-0.1, -0.05) is 19.9 Å². The lowest BCUT2D eigenvalue weighted by molar-refractivity contribution is -0.146. The van der Waals surface area contributed by atoms with Crippen molar-refractivity contribution in [2.24, 2.45) is 5.92 Å². The van der Waals surface area contributed by atoms with Gasteiger partial charge in [0.1, 0.15) is 11.5 Å². The van der Waals surface area contributed by atoms with Crippen LogP contribution in [0.4, 0.5) is 5.69 Å². The molecule has 0 aliphatic rings. The van der Waals surface area contributed by atoms with Gasteiger partial charge in [-0.2, -0.15) is 5.10 Å². The van der Waals surface area contributed by atoms with E-state index in [-0.39, 0.29) is 12.5 Å². The standard InChI is InChI=1S/C19H25N3O5/c1-13(2)11-26-15-6-5-7-16(8-15)27-12-17(23)21-14-9-20-22(10-14)19(3,4)18(24)25/h5-10,13H,11-12H2,1-4H3,(H,21,23)(H,24,25). The molecule has 0 fully saturated rings. The van der Waals surface area contributed by atoms with Gasteiger partial charge in [0.2, 0.25) is 0 Å². The van der Waals surface area contributed by atoms with Crippen molar-refractivity contribution in [3.05, 3.63) is 36.7 Å². The van der Waals surface area contributed by atoms with Gasteiger partial charge in [-0.15, -0.1) is 0 Å². The van der Waals surface area contributed by atoms with Crippen LogP contribution < -0.4 is 14.8 Å². The molecule has 2 N–H and O–H groups in total. The zero-order valence-electron chi connectivity index (χ0n) is 15.9. The first-order valence-corrected chi connectivity index (χ1v) is 8.62. The number of hydrogen-bond acceptors (Lipinski definition) is 5. The van der Waals surface area contributed by atoms with Crippen molar-refractivity contribution >= 4 is 17.6 Å². The second kappa shape index (κ2) is 8.57. The molecule has 0 bridgehead atoms. The summed E-state index contributed by atoms with van der Waals surface area (Å²) in [4.78, 5) is 23.3. The van der Waals surface area contributed by atoms with Crippen LogP contribution in [0.2, 0.25) is 0 Å². The van der Waals surface area contributed by atoms with E-state index in [1.54, 1.807) is 18.2 Å². The first kappa shape index (κ1) is 20.3. The highest BCUT2D eigenvalue weighted by Crippen LogP contribution is 2.20. The highest BCUT2D eigenvalue weighted by Gasteiger charge is 2.30. The molecule has 1 heterocycles. The van der Waals surface area contributed by atoms with Crippen molar-refractivity contribution in [1.29, 1.82) is 0 Å². The topological polar surface area (TPSA) is 103 Å². The Morgan fingerprint density at radius 2 is 1.93 bits per heavy atom. The molecule has 0 radical (unpaired) electrons. The predicted molar refractivity (Wildman–Crippen MR) is 100 cm³/mol. The van der Waals surface area contributed by atoms with Crippen LogP contribution in [0.25, 0.3) is 0 Å². The predicted octanol–water partition coefficient (Wildman–Crippen LogP) is 2.76. The minimum Gasteiger partial charge on any atom is -0.493 e. The van der Waals surface area contributed by atoms with E-state index in [1.165, 1.54) is 30.9 Å². The minimum absolute atomic E-state index is 0.193. The van der Waals surface area contributed by atoms with Gasteiger partial charge >= 0.3 is 5.97 Å². The van der Waals surface area contributed by atoms with Crippen LogP contribution in [-0.4, -0.2) is 40.0 Å². The van der Waals surface area contributed by atoms with E-state index < -0.39 is 11.5 Å². The molecule has 0 atom stereocenters. The molecule has 0 saturated carbocycles. The quantitative estimate of drug-likeness (QED) is 0.699. The summed E-state index contributed by atoms with van der Waals surface area (Å²) in [5.41, 5.74) is -0.817. The Hall–Kier alpha value is -3.03. The first-order valence-electron chi connectivity index (χ1n) is 8.62. The summed E-state index contributed by atoms with van der Waals surface area (Å²) in [5.74, 6) is 0.211. The Balaban J connectivity index is 1.89. The van der Waals surface area contributed by atoms with Crippen molar-refractivity contribution in [3.8, 4) is 11.5 Å². The average molecular weight is 375 g/mol. The van der Waals surface area contributed by atoms with Crippen molar-refractivity contribution in [2.75, 3.05) is 18.5 Å². The fourth-order valence-electron chi connectivity index (χ4n) is 2.05. The molecule has 2 aromatic rings. The number of nitrogens with one attached hydrogen (secondary N) is 1. The van der Waals surface area contributed by atoms with Crippen LogP contribution >= 0.6 is 0 Å². The average Bonchev–Trinajstić information content (AvgIpc) is 3.07. The number of anilines is 1. The molecule has 146 valence electrons. The number of carboxylic acids is 1. The van der Waals surface area contributed by atoms with E-state index >= 15 is 0 Å². The summed E-state index contributed by atoms with van der Waals surface area (Å²) < 4.78 is 12.4. The molecule has 1 aromatic heterocycles. The van der Waals surface area contributed by atoms with Gasteiger partial charge in [0.25, 0.3) is 5.91 Å². The third-order valence-electron chi connectivity index (χ3n) is 3.72. The summed E-state index contributed by atoms with van der Waals surface area (Å²) in [7, 11) is 0. The van der Waals surface area contributed by atoms with Gasteiger partial charge in [0.15, 0.2) is 12.1 Å². The van der Waals surface area contributed by atoms with E-state index in [0.717, 1.165) is 0 Å². The Bertz CT molecular complexity index is 798. The molecular weight excluding hydrogens is 350 g/mol.